The predicted molar refractivity (Wildman–Crippen MR) is 92.9 cm³/mol. The van der Waals surface area contributed by atoms with E-state index in [1.54, 1.807) is 18.3 Å². The zero-order chi connectivity index (χ0) is 17.9. The van der Waals surface area contributed by atoms with Gasteiger partial charge in [0, 0.05) is 19.3 Å². The molecular formula is C18H27N3O4. The fourth-order valence-electron chi connectivity index (χ4n) is 3.62. The third kappa shape index (κ3) is 4.11. The van der Waals surface area contributed by atoms with Crippen molar-refractivity contribution in [1.82, 2.24) is 14.8 Å². The van der Waals surface area contributed by atoms with E-state index < -0.39 is 5.60 Å². The summed E-state index contributed by atoms with van der Waals surface area (Å²) in [6.45, 7) is 3.00. The van der Waals surface area contributed by atoms with Crippen LogP contribution >= 0.6 is 0 Å². The van der Waals surface area contributed by atoms with Crippen molar-refractivity contribution in [2.45, 2.75) is 24.5 Å². The fraction of sp³-hybridized carbons (Fsp3) is 0.667. The van der Waals surface area contributed by atoms with Gasteiger partial charge in [-0.05, 0) is 39.1 Å². The van der Waals surface area contributed by atoms with E-state index in [1.165, 1.54) is 7.11 Å². The van der Waals surface area contributed by atoms with Gasteiger partial charge in [0.05, 0.1) is 33.0 Å². The molecule has 1 amide bonds. The first kappa shape index (κ1) is 18.1. The number of nitrogens with zero attached hydrogens (tertiary/aromatic N) is 3. The maximum atomic E-state index is 13.0. The smallest absolute Gasteiger partial charge is 0.259 e. The summed E-state index contributed by atoms with van der Waals surface area (Å²) in [5.41, 5.74) is 0.0623. The van der Waals surface area contributed by atoms with Crippen molar-refractivity contribution in [3.63, 3.8) is 0 Å². The molecule has 7 nitrogen and oxygen atoms in total. The summed E-state index contributed by atoms with van der Waals surface area (Å²) in [7, 11) is 5.61. The summed E-state index contributed by atoms with van der Waals surface area (Å²) >= 11 is 0. The summed E-state index contributed by atoms with van der Waals surface area (Å²) < 4.78 is 17.4. The molecule has 2 saturated heterocycles. The van der Waals surface area contributed by atoms with Crippen molar-refractivity contribution in [3.05, 3.63) is 23.9 Å². The summed E-state index contributed by atoms with van der Waals surface area (Å²) in [6, 6.07) is 3.50. The Balaban J connectivity index is 1.75. The number of pyridine rings is 1. The van der Waals surface area contributed by atoms with Gasteiger partial charge in [0.15, 0.2) is 0 Å². The minimum Gasteiger partial charge on any atom is -0.480 e. The Morgan fingerprint density at radius 2 is 2.36 bits per heavy atom. The molecule has 138 valence electrons. The van der Waals surface area contributed by atoms with Crippen LogP contribution < -0.4 is 4.74 Å². The van der Waals surface area contributed by atoms with Gasteiger partial charge in [0.2, 0.25) is 5.88 Å². The Morgan fingerprint density at radius 1 is 1.52 bits per heavy atom. The molecule has 25 heavy (non-hydrogen) atoms. The molecule has 1 aromatic rings. The number of likely N-dealkylation sites (N-methyl/N-ethyl adjacent to an activating group) is 1. The van der Waals surface area contributed by atoms with Crippen molar-refractivity contribution in [1.29, 1.82) is 0 Å². The number of hydrogen-bond acceptors (Lipinski definition) is 6. The average Bonchev–Trinajstić information content (AvgIpc) is 2.85. The van der Waals surface area contributed by atoms with Gasteiger partial charge in [-0.25, -0.2) is 4.98 Å². The molecule has 2 fully saturated rings. The second kappa shape index (κ2) is 7.68. The molecule has 3 rings (SSSR count). The summed E-state index contributed by atoms with van der Waals surface area (Å²) in [5, 5.41) is 0. The van der Waals surface area contributed by atoms with Crippen molar-refractivity contribution in [2.24, 2.45) is 0 Å². The number of methoxy groups -OCH3 is 1. The van der Waals surface area contributed by atoms with Crippen molar-refractivity contribution >= 4 is 5.91 Å². The highest BCUT2D eigenvalue weighted by Gasteiger charge is 2.44. The quantitative estimate of drug-likeness (QED) is 0.809. The number of carbonyl (C=O) groups is 1. The Bertz CT molecular complexity index is 610. The normalized spacial score (nSPS) is 26.9. The lowest BCUT2D eigenvalue weighted by molar-refractivity contribution is -0.0878. The van der Waals surface area contributed by atoms with Gasteiger partial charge < -0.3 is 24.0 Å². The number of rotatable bonds is 4. The van der Waals surface area contributed by atoms with E-state index in [0.29, 0.717) is 37.7 Å². The van der Waals surface area contributed by atoms with Crippen LogP contribution in [-0.2, 0) is 9.47 Å². The zero-order valence-electron chi connectivity index (χ0n) is 15.2. The summed E-state index contributed by atoms with van der Waals surface area (Å²) in [6.07, 6.45) is 3.69. The molecule has 7 heteroatoms. The fourth-order valence-corrected chi connectivity index (χ4v) is 3.62. The van der Waals surface area contributed by atoms with Gasteiger partial charge in [-0.3, -0.25) is 4.79 Å². The highest BCUT2D eigenvalue weighted by Crippen LogP contribution is 2.34. The molecule has 2 aliphatic heterocycles. The van der Waals surface area contributed by atoms with Crippen LogP contribution in [0.2, 0.25) is 0 Å². The lowest BCUT2D eigenvalue weighted by atomic mass is 9.99. The van der Waals surface area contributed by atoms with Gasteiger partial charge in [-0.1, -0.05) is 0 Å². The highest BCUT2D eigenvalue weighted by atomic mass is 16.6. The van der Waals surface area contributed by atoms with Gasteiger partial charge in [0.25, 0.3) is 5.91 Å². The van der Waals surface area contributed by atoms with Crippen molar-refractivity contribution in [3.8, 4) is 5.88 Å². The van der Waals surface area contributed by atoms with Gasteiger partial charge in [-0.15, -0.1) is 0 Å². The van der Waals surface area contributed by atoms with Gasteiger partial charge in [0.1, 0.15) is 11.2 Å². The van der Waals surface area contributed by atoms with E-state index in [1.807, 2.05) is 19.0 Å². The topological polar surface area (TPSA) is 64.1 Å². The van der Waals surface area contributed by atoms with Crippen molar-refractivity contribution in [2.75, 3.05) is 54.1 Å². The number of ether oxygens (including phenoxy) is 3. The monoisotopic (exact) mass is 349 g/mol. The third-order valence-electron chi connectivity index (χ3n) is 4.74. The summed E-state index contributed by atoms with van der Waals surface area (Å²) in [5.74, 6) is 0.263. The van der Waals surface area contributed by atoms with E-state index in [2.05, 4.69) is 9.88 Å². The molecule has 0 saturated carbocycles. The molecule has 0 N–H and O–H groups in total. The molecule has 0 radical (unpaired) electrons. The Morgan fingerprint density at radius 3 is 3.12 bits per heavy atom. The average molecular weight is 349 g/mol. The van der Waals surface area contributed by atoms with Crippen LogP contribution in [0.3, 0.4) is 0 Å². The second-order valence-corrected chi connectivity index (χ2v) is 7.06. The first-order chi connectivity index (χ1) is 12.0. The summed E-state index contributed by atoms with van der Waals surface area (Å²) in [4.78, 5) is 21.1. The van der Waals surface area contributed by atoms with Gasteiger partial charge >= 0.3 is 0 Å². The van der Waals surface area contributed by atoms with Crippen LogP contribution in [0, 0.1) is 0 Å². The molecular weight excluding hydrogens is 322 g/mol. The predicted octanol–water partition coefficient (Wildman–Crippen LogP) is 1.04. The third-order valence-corrected chi connectivity index (χ3v) is 4.74. The maximum Gasteiger partial charge on any atom is 0.259 e. The highest BCUT2D eigenvalue weighted by molar-refractivity contribution is 5.96. The zero-order valence-corrected chi connectivity index (χ0v) is 15.2. The molecule has 2 atom stereocenters. The van der Waals surface area contributed by atoms with Crippen molar-refractivity contribution < 1.29 is 19.0 Å². The minimum atomic E-state index is -0.414. The largest absolute Gasteiger partial charge is 0.480 e. The van der Waals surface area contributed by atoms with Gasteiger partial charge in [-0.2, -0.15) is 0 Å². The molecule has 0 unspecified atom stereocenters. The SMILES string of the molecule is COc1ncccc1C(=O)N1CCOC[C@]2(CC[C@H](CN(C)C)O2)C1. The second-order valence-electron chi connectivity index (χ2n) is 7.06. The number of aromatic nitrogens is 1. The molecule has 1 aromatic heterocycles. The molecule has 2 aliphatic rings. The van der Waals surface area contributed by atoms with E-state index in [-0.39, 0.29) is 12.0 Å². The van der Waals surface area contributed by atoms with E-state index >= 15 is 0 Å². The molecule has 0 bridgehead atoms. The van der Waals surface area contributed by atoms with Crippen LogP contribution in [0.5, 0.6) is 5.88 Å². The Labute approximate surface area is 148 Å². The minimum absolute atomic E-state index is 0.0884. The van der Waals surface area contributed by atoms with E-state index in [0.717, 1.165) is 19.4 Å². The van der Waals surface area contributed by atoms with Crippen LogP contribution in [0.15, 0.2) is 18.3 Å². The van der Waals surface area contributed by atoms with Crippen LogP contribution in [0.25, 0.3) is 0 Å². The molecule has 0 aliphatic carbocycles. The Kier molecular flexibility index (Phi) is 5.56. The molecule has 0 aromatic carbocycles. The first-order valence-corrected chi connectivity index (χ1v) is 8.71. The maximum absolute atomic E-state index is 13.0. The van der Waals surface area contributed by atoms with E-state index in [9.17, 15) is 4.79 Å². The molecule has 1 spiro atoms. The van der Waals surface area contributed by atoms with Crippen LogP contribution in [-0.4, -0.2) is 86.4 Å². The van der Waals surface area contributed by atoms with E-state index in [4.69, 9.17) is 14.2 Å². The lowest BCUT2D eigenvalue weighted by Gasteiger charge is -2.32. The number of amides is 1. The number of hydrogen-bond donors (Lipinski definition) is 0. The van der Waals surface area contributed by atoms with Crippen LogP contribution in [0.4, 0.5) is 0 Å². The first-order valence-electron chi connectivity index (χ1n) is 8.71. The lowest BCUT2D eigenvalue weighted by Crippen LogP contribution is -2.47. The van der Waals surface area contributed by atoms with Crippen LogP contribution in [0.1, 0.15) is 23.2 Å². The standard InChI is InChI=1S/C18H27N3O4/c1-20(2)11-14-6-7-18(25-14)12-21(9-10-24-13-18)17(22)15-5-4-8-19-16(15)23-3/h4-5,8,14H,6-7,9-13H2,1-3H3/t14-,18+/m1/s1. The Hall–Kier alpha value is -1.70. The number of carbonyl (C=O) groups excluding carboxylic acids is 1. The molecule has 3 heterocycles.